The van der Waals surface area contributed by atoms with E-state index in [2.05, 4.69) is 30.7 Å². The number of nitrogens with zero attached hydrogens (tertiary/aromatic N) is 5. The number of amides is 1. The molecule has 4 aromatic heterocycles. The zero-order valence-corrected chi connectivity index (χ0v) is 18.0. The summed E-state index contributed by atoms with van der Waals surface area (Å²) in [6.07, 6.45) is 2.44. The van der Waals surface area contributed by atoms with Crippen molar-refractivity contribution in [2.75, 3.05) is 18.5 Å². The van der Waals surface area contributed by atoms with E-state index >= 15 is 0 Å². The fourth-order valence-electron chi connectivity index (χ4n) is 3.34. The van der Waals surface area contributed by atoms with Gasteiger partial charge in [-0.1, -0.05) is 0 Å². The van der Waals surface area contributed by atoms with Gasteiger partial charge in [0.2, 0.25) is 0 Å². The van der Waals surface area contributed by atoms with E-state index in [-0.39, 0.29) is 13.2 Å². The van der Waals surface area contributed by atoms with Gasteiger partial charge in [0.15, 0.2) is 5.82 Å². The van der Waals surface area contributed by atoms with E-state index in [1.54, 1.807) is 10.7 Å². The van der Waals surface area contributed by atoms with Crippen LogP contribution in [0.5, 0.6) is 5.75 Å². The maximum absolute atomic E-state index is 10.6. The predicted molar refractivity (Wildman–Crippen MR) is 119 cm³/mol. The van der Waals surface area contributed by atoms with E-state index in [1.807, 2.05) is 57.3 Å². The van der Waals surface area contributed by atoms with Gasteiger partial charge in [-0.15, -0.1) is 0 Å². The first-order valence-corrected chi connectivity index (χ1v) is 10.0. The van der Waals surface area contributed by atoms with E-state index in [0.29, 0.717) is 23.2 Å². The van der Waals surface area contributed by atoms with Crippen LogP contribution in [-0.2, 0) is 0 Å². The molecule has 0 unspecified atom stereocenters. The Morgan fingerprint density at radius 1 is 1.09 bits per heavy atom. The number of nitrogens with one attached hydrogen (secondary N) is 2. The Kier molecular flexibility index (Phi) is 5.84. The second kappa shape index (κ2) is 8.88. The van der Waals surface area contributed by atoms with Crippen LogP contribution in [-0.4, -0.2) is 48.9 Å². The Labute approximate surface area is 184 Å². The topological polar surface area (TPSA) is 127 Å². The van der Waals surface area contributed by atoms with Gasteiger partial charge in [-0.3, -0.25) is 4.98 Å². The highest BCUT2D eigenvalue weighted by molar-refractivity contribution is 5.75. The zero-order valence-electron chi connectivity index (χ0n) is 18.0. The van der Waals surface area contributed by atoms with E-state index < -0.39 is 6.09 Å². The number of anilines is 2. The van der Waals surface area contributed by atoms with Crippen LogP contribution in [0.2, 0.25) is 0 Å². The average molecular weight is 433 g/mol. The lowest BCUT2D eigenvalue weighted by Crippen LogP contribution is -2.26. The molecule has 4 heterocycles. The quantitative estimate of drug-likeness (QED) is 0.378. The minimum atomic E-state index is -1.08. The van der Waals surface area contributed by atoms with Crippen molar-refractivity contribution >= 4 is 23.2 Å². The number of aryl methyl sites for hydroxylation is 3. The highest BCUT2D eigenvalue weighted by atomic mass is 16.5. The van der Waals surface area contributed by atoms with E-state index in [1.165, 1.54) is 0 Å². The lowest BCUT2D eigenvalue weighted by atomic mass is 10.1. The van der Waals surface area contributed by atoms with Crippen LogP contribution in [0.1, 0.15) is 17.2 Å². The first-order chi connectivity index (χ1) is 15.4. The summed E-state index contributed by atoms with van der Waals surface area (Å²) in [4.78, 5) is 23.6. The fraction of sp³-hybridized carbons (Fsp3) is 0.227. The summed E-state index contributed by atoms with van der Waals surface area (Å²) in [7, 11) is 0. The van der Waals surface area contributed by atoms with Crippen LogP contribution in [0.15, 0.2) is 42.7 Å². The summed E-state index contributed by atoms with van der Waals surface area (Å²) in [5.41, 5.74) is 4.42. The molecule has 10 nitrogen and oxygen atoms in total. The highest BCUT2D eigenvalue weighted by Gasteiger charge is 2.11. The van der Waals surface area contributed by atoms with Crippen LogP contribution in [0.4, 0.5) is 16.4 Å². The van der Waals surface area contributed by atoms with Crippen molar-refractivity contribution in [3.05, 3.63) is 59.9 Å². The number of carbonyl (C=O) groups is 1. The summed E-state index contributed by atoms with van der Waals surface area (Å²) < 4.78 is 7.55. The van der Waals surface area contributed by atoms with Crippen molar-refractivity contribution in [2.45, 2.75) is 20.8 Å². The molecular formula is C22H23N7O3. The number of rotatable bonds is 7. The molecule has 0 radical (unpaired) electrons. The van der Waals surface area contributed by atoms with Gasteiger partial charge in [-0.05, 0) is 44.5 Å². The molecule has 0 saturated carbocycles. The Morgan fingerprint density at radius 3 is 2.72 bits per heavy atom. The van der Waals surface area contributed by atoms with Crippen molar-refractivity contribution in [3.63, 3.8) is 0 Å². The number of pyridine rings is 2. The number of ether oxygens (including phenoxy) is 1. The molecule has 0 aromatic carbocycles. The van der Waals surface area contributed by atoms with Gasteiger partial charge < -0.3 is 20.5 Å². The molecule has 0 aliphatic carbocycles. The van der Waals surface area contributed by atoms with E-state index in [4.69, 9.17) is 9.84 Å². The SMILES string of the molecule is Cc1cc(-c2ccn3nc(Nc4cc(C)nc(C)n4)cc3c2)c(OCCNC(=O)O)cn1. The van der Waals surface area contributed by atoms with Crippen LogP contribution >= 0.6 is 0 Å². The Morgan fingerprint density at radius 2 is 1.94 bits per heavy atom. The predicted octanol–water partition coefficient (Wildman–Crippen LogP) is 3.50. The van der Waals surface area contributed by atoms with Gasteiger partial charge in [0.25, 0.3) is 0 Å². The number of hydrogen-bond donors (Lipinski definition) is 3. The molecule has 4 aromatic rings. The Bertz CT molecular complexity index is 1270. The monoisotopic (exact) mass is 433 g/mol. The Hall–Kier alpha value is -4.21. The van der Waals surface area contributed by atoms with Crippen LogP contribution in [0, 0.1) is 20.8 Å². The molecule has 0 bridgehead atoms. The van der Waals surface area contributed by atoms with Gasteiger partial charge in [0, 0.05) is 35.3 Å². The van der Waals surface area contributed by atoms with E-state index in [9.17, 15) is 4.79 Å². The number of carboxylic acid groups (broad SMARTS) is 1. The normalized spacial score (nSPS) is 10.8. The van der Waals surface area contributed by atoms with Crippen molar-refractivity contribution in [3.8, 4) is 16.9 Å². The maximum atomic E-state index is 10.6. The van der Waals surface area contributed by atoms with Gasteiger partial charge in [-0.25, -0.2) is 19.3 Å². The number of fused-ring (bicyclic) bond motifs is 1. The lowest BCUT2D eigenvalue weighted by Gasteiger charge is -2.12. The summed E-state index contributed by atoms with van der Waals surface area (Å²) in [6, 6.07) is 9.69. The van der Waals surface area contributed by atoms with Crippen molar-refractivity contribution in [1.29, 1.82) is 0 Å². The van der Waals surface area contributed by atoms with Crippen LogP contribution in [0.3, 0.4) is 0 Å². The van der Waals surface area contributed by atoms with Crippen LogP contribution < -0.4 is 15.4 Å². The molecule has 10 heteroatoms. The second-order valence-corrected chi connectivity index (χ2v) is 7.28. The molecule has 3 N–H and O–H groups in total. The summed E-state index contributed by atoms with van der Waals surface area (Å²) in [5.74, 6) is 2.63. The third-order valence-corrected chi connectivity index (χ3v) is 4.64. The maximum Gasteiger partial charge on any atom is 0.404 e. The summed E-state index contributed by atoms with van der Waals surface area (Å²) in [5, 5.41) is 18.8. The number of hydrogen-bond acceptors (Lipinski definition) is 7. The van der Waals surface area contributed by atoms with E-state index in [0.717, 1.165) is 28.0 Å². The average Bonchev–Trinajstić information content (AvgIpc) is 3.12. The third-order valence-electron chi connectivity index (χ3n) is 4.64. The molecule has 32 heavy (non-hydrogen) atoms. The first-order valence-electron chi connectivity index (χ1n) is 10.0. The van der Waals surface area contributed by atoms with Gasteiger partial charge in [-0.2, -0.15) is 5.10 Å². The van der Waals surface area contributed by atoms with Gasteiger partial charge >= 0.3 is 6.09 Å². The molecule has 0 fully saturated rings. The zero-order chi connectivity index (χ0) is 22.7. The molecule has 0 atom stereocenters. The molecule has 0 aliphatic rings. The minimum Gasteiger partial charge on any atom is -0.489 e. The molecule has 1 amide bonds. The smallest absolute Gasteiger partial charge is 0.404 e. The van der Waals surface area contributed by atoms with Crippen molar-refractivity contribution < 1.29 is 14.6 Å². The second-order valence-electron chi connectivity index (χ2n) is 7.28. The summed E-state index contributed by atoms with van der Waals surface area (Å²) in [6.45, 7) is 6.06. The molecule has 0 aliphatic heterocycles. The molecular weight excluding hydrogens is 410 g/mol. The number of aromatic nitrogens is 5. The third kappa shape index (κ3) is 4.91. The largest absolute Gasteiger partial charge is 0.489 e. The highest BCUT2D eigenvalue weighted by Crippen LogP contribution is 2.31. The molecule has 0 spiro atoms. The van der Waals surface area contributed by atoms with Gasteiger partial charge in [0.05, 0.1) is 18.3 Å². The molecule has 164 valence electrons. The fourth-order valence-corrected chi connectivity index (χ4v) is 3.34. The molecule has 0 saturated heterocycles. The van der Waals surface area contributed by atoms with Gasteiger partial charge in [0.1, 0.15) is 24.0 Å². The lowest BCUT2D eigenvalue weighted by molar-refractivity contribution is 0.191. The first kappa shape index (κ1) is 21.0. The van der Waals surface area contributed by atoms with Crippen LogP contribution in [0.25, 0.3) is 16.6 Å². The van der Waals surface area contributed by atoms with Crippen molar-refractivity contribution in [2.24, 2.45) is 0 Å². The Balaban J connectivity index is 1.60. The van der Waals surface area contributed by atoms with Crippen molar-refractivity contribution in [1.82, 2.24) is 29.9 Å². The molecule has 4 rings (SSSR count). The summed E-state index contributed by atoms with van der Waals surface area (Å²) >= 11 is 0. The minimum absolute atomic E-state index is 0.182. The standard InChI is InChI=1S/C22H23N7O3/c1-13-8-18(19(12-24-13)32-7-5-23-22(30)31)16-4-6-29-17(10-16)11-21(28-29)27-20-9-14(2)25-15(3)26-20/h4,6,8-12,23H,5,7H2,1-3H3,(H,30,31)(H,25,26,27,28).